The Kier molecular flexibility index (Phi) is 4.79. The Bertz CT molecular complexity index is 758. The second kappa shape index (κ2) is 6.69. The van der Waals surface area contributed by atoms with Crippen LogP contribution < -0.4 is 4.74 Å². The quantitative estimate of drug-likeness (QED) is 0.547. The van der Waals surface area contributed by atoms with Gasteiger partial charge >= 0.3 is 0 Å². The van der Waals surface area contributed by atoms with Crippen molar-refractivity contribution >= 4 is 21.7 Å². The summed E-state index contributed by atoms with van der Waals surface area (Å²) in [5, 5.41) is 0. The molecule has 1 unspecified atom stereocenters. The molecule has 0 radical (unpaired) electrons. The van der Waals surface area contributed by atoms with E-state index in [0.29, 0.717) is 23.5 Å². The Morgan fingerprint density at radius 1 is 1.21 bits per heavy atom. The van der Waals surface area contributed by atoms with Gasteiger partial charge in [0.15, 0.2) is 5.78 Å². The van der Waals surface area contributed by atoms with Crippen LogP contribution in [0.15, 0.2) is 46.9 Å². The molecule has 24 heavy (non-hydrogen) atoms. The van der Waals surface area contributed by atoms with Crippen LogP contribution in [0.1, 0.15) is 42.3 Å². The number of rotatable bonds is 5. The van der Waals surface area contributed by atoms with Crippen molar-refractivity contribution in [3.63, 3.8) is 0 Å². The highest BCUT2D eigenvalue weighted by molar-refractivity contribution is 9.10. The van der Waals surface area contributed by atoms with Crippen LogP contribution in [0.25, 0.3) is 0 Å². The number of ketones is 1. The van der Waals surface area contributed by atoms with Crippen LogP contribution in [0.4, 0.5) is 0 Å². The average Bonchev–Trinajstić information content (AvgIpc) is 3.35. The van der Waals surface area contributed by atoms with E-state index in [0.717, 1.165) is 16.6 Å². The number of hydrogen-bond donors (Lipinski definition) is 0. The first-order chi connectivity index (χ1) is 11.3. The van der Waals surface area contributed by atoms with Crippen molar-refractivity contribution in [2.45, 2.75) is 32.3 Å². The summed E-state index contributed by atoms with van der Waals surface area (Å²) in [5.74, 6) is 0.671. The third kappa shape index (κ3) is 4.25. The lowest BCUT2D eigenvalue weighted by Crippen LogP contribution is -2.12. The van der Waals surface area contributed by atoms with E-state index < -0.39 is 0 Å². The van der Waals surface area contributed by atoms with Crippen LogP contribution in [-0.4, -0.2) is 25.1 Å². The molecule has 0 aliphatic carbocycles. The Morgan fingerprint density at radius 2 is 1.96 bits per heavy atom. The maximum absolute atomic E-state index is 12.9. The van der Waals surface area contributed by atoms with Crippen LogP contribution in [0, 0.1) is 0 Å². The topological polar surface area (TPSA) is 38.8 Å². The molecule has 0 spiro atoms. The van der Waals surface area contributed by atoms with Gasteiger partial charge in [-0.3, -0.25) is 4.79 Å². The van der Waals surface area contributed by atoms with Crippen molar-refractivity contribution in [1.82, 2.24) is 0 Å². The maximum atomic E-state index is 12.9. The monoisotopic (exact) mass is 388 g/mol. The number of hydrogen-bond acceptors (Lipinski definition) is 3. The number of ether oxygens (including phenoxy) is 2. The van der Waals surface area contributed by atoms with Crippen LogP contribution in [0.5, 0.6) is 5.75 Å². The maximum Gasteiger partial charge on any atom is 0.193 e. The van der Waals surface area contributed by atoms with E-state index in [1.54, 1.807) is 6.07 Å². The van der Waals surface area contributed by atoms with Gasteiger partial charge in [-0.2, -0.15) is 0 Å². The van der Waals surface area contributed by atoms with E-state index in [1.165, 1.54) is 0 Å². The molecule has 0 bridgehead atoms. The first kappa shape index (κ1) is 17.2. The fourth-order valence-electron chi connectivity index (χ4n) is 2.42. The molecule has 2 aromatic carbocycles. The molecule has 1 aliphatic rings. The third-order valence-electron chi connectivity index (χ3n) is 3.96. The predicted octanol–water partition coefficient (Wildman–Crippen LogP) is 4.76. The summed E-state index contributed by atoms with van der Waals surface area (Å²) in [5.41, 5.74) is 2.45. The summed E-state index contributed by atoms with van der Waals surface area (Å²) in [6.07, 6.45) is 0.187. The highest BCUT2D eigenvalue weighted by Crippen LogP contribution is 2.27. The van der Waals surface area contributed by atoms with Gasteiger partial charge in [-0.25, -0.2) is 0 Å². The third-order valence-corrected chi connectivity index (χ3v) is 4.42. The summed E-state index contributed by atoms with van der Waals surface area (Å²) in [7, 11) is 0. The molecule has 2 aromatic rings. The fourth-order valence-corrected chi connectivity index (χ4v) is 2.90. The molecule has 1 heterocycles. The molecule has 3 rings (SSSR count). The van der Waals surface area contributed by atoms with Crippen LogP contribution >= 0.6 is 15.9 Å². The van der Waals surface area contributed by atoms with Crippen molar-refractivity contribution in [3.8, 4) is 5.75 Å². The molecule has 0 saturated carbocycles. The minimum atomic E-state index is -0.00470. The molecular formula is C20H21BrO3. The SMILES string of the molecule is CC(C)(C)c1cccc(C(=O)c2cc(Br)cc(OCC3CO3)c2)c1. The molecule has 3 nitrogen and oxygen atoms in total. The average molecular weight is 389 g/mol. The van der Waals surface area contributed by atoms with E-state index in [1.807, 2.05) is 30.3 Å². The van der Waals surface area contributed by atoms with Gasteiger partial charge in [0, 0.05) is 15.6 Å². The van der Waals surface area contributed by atoms with Crippen molar-refractivity contribution < 1.29 is 14.3 Å². The van der Waals surface area contributed by atoms with Gasteiger partial charge in [-0.1, -0.05) is 54.9 Å². The Labute approximate surface area is 151 Å². The highest BCUT2D eigenvalue weighted by atomic mass is 79.9. The number of carbonyl (C=O) groups excluding carboxylic acids is 1. The second-order valence-electron chi connectivity index (χ2n) is 7.10. The largest absolute Gasteiger partial charge is 0.491 e. The van der Waals surface area contributed by atoms with Crippen LogP contribution in [0.3, 0.4) is 0 Å². The summed E-state index contributed by atoms with van der Waals surface area (Å²) in [6, 6.07) is 13.3. The zero-order chi connectivity index (χ0) is 17.3. The fraction of sp³-hybridized carbons (Fsp3) is 0.350. The van der Waals surface area contributed by atoms with E-state index in [-0.39, 0.29) is 17.3 Å². The van der Waals surface area contributed by atoms with E-state index >= 15 is 0 Å². The predicted molar refractivity (Wildman–Crippen MR) is 98.0 cm³/mol. The lowest BCUT2D eigenvalue weighted by atomic mass is 9.85. The zero-order valence-electron chi connectivity index (χ0n) is 14.1. The number of halogens is 1. The lowest BCUT2D eigenvalue weighted by Gasteiger charge is -2.19. The lowest BCUT2D eigenvalue weighted by molar-refractivity contribution is 0.103. The van der Waals surface area contributed by atoms with Gasteiger partial charge in [0.05, 0.1) is 6.61 Å². The molecule has 1 atom stereocenters. The van der Waals surface area contributed by atoms with Gasteiger partial charge in [-0.15, -0.1) is 0 Å². The Morgan fingerprint density at radius 3 is 2.62 bits per heavy atom. The van der Waals surface area contributed by atoms with Crippen LogP contribution in [-0.2, 0) is 10.2 Å². The number of benzene rings is 2. The van der Waals surface area contributed by atoms with Crippen molar-refractivity contribution in [3.05, 3.63) is 63.6 Å². The molecule has 1 aliphatic heterocycles. The van der Waals surface area contributed by atoms with E-state index in [4.69, 9.17) is 9.47 Å². The summed E-state index contributed by atoms with van der Waals surface area (Å²) in [6.45, 7) is 7.69. The number of carbonyl (C=O) groups is 1. The minimum absolute atomic E-state index is 0.00470. The van der Waals surface area contributed by atoms with Gasteiger partial charge < -0.3 is 9.47 Å². The van der Waals surface area contributed by atoms with E-state index in [9.17, 15) is 4.79 Å². The van der Waals surface area contributed by atoms with Gasteiger partial charge in [0.1, 0.15) is 18.5 Å². The Hall–Kier alpha value is -1.65. The Balaban J connectivity index is 1.86. The molecule has 1 saturated heterocycles. The van der Waals surface area contributed by atoms with Crippen LogP contribution in [0.2, 0.25) is 0 Å². The minimum Gasteiger partial charge on any atom is -0.491 e. The molecule has 0 amide bonds. The molecule has 0 N–H and O–H groups in total. The molecule has 0 aromatic heterocycles. The molecule has 4 heteroatoms. The number of epoxide rings is 1. The standard InChI is InChI=1S/C20H21BrO3/c1-20(2,3)15-6-4-5-13(7-15)19(22)14-8-16(21)10-17(9-14)23-11-18-12-24-18/h4-10,18H,11-12H2,1-3H3. The van der Waals surface area contributed by atoms with Gasteiger partial charge in [0.25, 0.3) is 0 Å². The van der Waals surface area contributed by atoms with Crippen molar-refractivity contribution in [2.24, 2.45) is 0 Å². The first-order valence-corrected chi connectivity index (χ1v) is 8.82. The van der Waals surface area contributed by atoms with Crippen molar-refractivity contribution in [1.29, 1.82) is 0 Å². The van der Waals surface area contributed by atoms with Gasteiger partial charge in [-0.05, 0) is 35.2 Å². The van der Waals surface area contributed by atoms with E-state index in [2.05, 4.69) is 42.8 Å². The highest BCUT2D eigenvalue weighted by Gasteiger charge is 2.23. The molecular weight excluding hydrogens is 368 g/mol. The summed E-state index contributed by atoms with van der Waals surface area (Å²) >= 11 is 3.46. The normalized spacial score (nSPS) is 16.8. The second-order valence-corrected chi connectivity index (χ2v) is 8.02. The summed E-state index contributed by atoms with van der Waals surface area (Å²) in [4.78, 5) is 12.9. The van der Waals surface area contributed by atoms with Crippen molar-refractivity contribution in [2.75, 3.05) is 13.2 Å². The summed E-state index contributed by atoms with van der Waals surface area (Å²) < 4.78 is 11.7. The molecule has 1 fully saturated rings. The van der Waals surface area contributed by atoms with Gasteiger partial charge in [0.2, 0.25) is 0 Å². The smallest absolute Gasteiger partial charge is 0.193 e. The zero-order valence-corrected chi connectivity index (χ0v) is 15.7. The first-order valence-electron chi connectivity index (χ1n) is 8.03. The molecule has 126 valence electrons.